The van der Waals surface area contributed by atoms with Crippen molar-refractivity contribution in [3.8, 4) is 5.75 Å². The molecule has 2 rings (SSSR count). The van der Waals surface area contributed by atoms with Crippen molar-refractivity contribution in [2.45, 2.75) is 38.3 Å². The molecule has 0 heterocycles. The standard InChI is InChI=1S/C15H18FNO4/c1-9(21-12-4-2-3-11(16)7-12)15(20)17-13(8-14(18)19)10-5-6-10/h2-4,7,9-10,13H,5-6,8H2,1H3,(H,17,20)(H,18,19). The van der Waals surface area contributed by atoms with E-state index in [1.54, 1.807) is 13.0 Å². The highest BCUT2D eigenvalue weighted by atomic mass is 19.1. The maximum atomic E-state index is 13.0. The lowest BCUT2D eigenvalue weighted by Gasteiger charge is -2.20. The Kier molecular flexibility index (Phi) is 4.77. The first-order valence-electron chi connectivity index (χ1n) is 6.90. The van der Waals surface area contributed by atoms with Crippen LogP contribution >= 0.6 is 0 Å². The van der Waals surface area contributed by atoms with Gasteiger partial charge in [-0.1, -0.05) is 6.07 Å². The first-order valence-corrected chi connectivity index (χ1v) is 6.90. The Morgan fingerprint density at radius 3 is 2.76 bits per heavy atom. The number of amides is 1. The molecule has 0 aromatic heterocycles. The van der Waals surface area contributed by atoms with Gasteiger partial charge in [0.25, 0.3) is 5.91 Å². The van der Waals surface area contributed by atoms with Crippen LogP contribution in [0, 0.1) is 11.7 Å². The Balaban J connectivity index is 1.90. The van der Waals surface area contributed by atoms with Crippen LogP contribution in [0.25, 0.3) is 0 Å². The van der Waals surface area contributed by atoms with E-state index in [2.05, 4.69) is 5.32 Å². The van der Waals surface area contributed by atoms with Crippen LogP contribution in [0.2, 0.25) is 0 Å². The van der Waals surface area contributed by atoms with E-state index in [0.717, 1.165) is 12.8 Å². The number of benzene rings is 1. The summed E-state index contributed by atoms with van der Waals surface area (Å²) in [5, 5.41) is 11.6. The molecule has 21 heavy (non-hydrogen) atoms. The van der Waals surface area contributed by atoms with Crippen LogP contribution in [0.3, 0.4) is 0 Å². The van der Waals surface area contributed by atoms with Crippen molar-refractivity contribution in [3.63, 3.8) is 0 Å². The van der Waals surface area contributed by atoms with E-state index in [0.29, 0.717) is 0 Å². The largest absolute Gasteiger partial charge is 0.481 e. The summed E-state index contributed by atoms with van der Waals surface area (Å²) in [5.74, 6) is -1.28. The topological polar surface area (TPSA) is 75.6 Å². The molecule has 0 saturated heterocycles. The van der Waals surface area contributed by atoms with Gasteiger partial charge in [-0.15, -0.1) is 0 Å². The van der Waals surface area contributed by atoms with Gasteiger partial charge in [-0.05, 0) is 37.8 Å². The SMILES string of the molecule is CC(Oc1cccc(F)c1)C(=O)NC(CC(=O)O)C1CC1. The highest BCUT2D eigenvalue weighted by molar-refractivity contribution is 5.81. The number of aliphatic carboxylic acids is 1. The van der Waals surface area contributed by atoms with E-state index in [9.17, 15) is 14.0 Å². The first-order chi connectivity index (χ1) is 9.95. The van der Waals surface area contributed by atoms with Crippen LogP contribution in [0.1, 0.15) is 26.2 Å². The molecule has 1 aliphatic carbocycles. The Morgan fingerprint density at radius 1 is 1.48 bits per heavy atom. The minimum Gasteiger partial charge on any atom is -0.481 e. The van der Waals surface area contributed by atoms with Crippen molar-refractivity contribution in [1.29, 1.82) is 0 Å². The Hall–Kier alpha value is -2.11. The molecule has 1 aliphatic rings. The molecule has 0 spiro atoms. The van der Waals surface area contributed by atoms with Gasteiger partial charge < -0.3 is 15.2 Å². The summed E-state index contributed by atoms with van der Waals surface area (Å²) in [7, 11) is 0. The predicted octanol–water partition coefficient (Wildman–Crippen LogP) is 1.96. The minimum absolute atomic E-state index is 0.0942. The molecule has 0 radical (unpaired) electrons. The summed E-state index contributed by atoms with van der Waals surface area (Å²) >= 11 is 0. The molecule has 1 amide bonds. The van der Waals surface area contributed by atoms with Gasteiger partial charge in [0.2, 0.25) is 0 Å². The molecule has 2 N–H and O–H groups in total. The fourth-order valence-electron chi connectivity index (χ4n) is 2.12. The monoisotopic (exact) mass is 295 g/mol. The number of carbonyl (C=O) groups excluding carboxylic acids is 1. The molecule has 5 nitrogen and oxygen atoms in total. The van der Waals surface area contributed by atoms with Crippen molar-refractivity contribution in [2.75, 3.05) is 0 Å². The number of halogens is 1. The van der Waals surface area contributed by atoms with Crippen LogP contribution in [0.4, 0.5) is 4.39 Å². The second-order valence-electron chi connectivity index (χ2n) is 5.27. The number of carbonyl (C=O) groups is 2. The Labute approximate surface area is 122 Å². The zero-order valence-corrected chi connectivity index (χ0v) is 11.7. The zero-order chi connectivity index (χ0) is 15.4. The van der Waals surface area contributed by atoms with Gasteiger partial charge in [-0.2, -0.15) is 0 Å². The van der Waals surface area contributed by atoms with Crippen LogP contribution in [-0.4, -0.2) is 29.1 Å². The molecule has 114 valence electrons. The maximum absolute atomic E-state index is 13.0. The third kappa shape index (κ3) is 4.73. The number of ether oxygens (including phenoxy) is 1. The highest BCUT2D eigenvalue weighted by Crippen LogP contribution is 2.34. The summed E-state index contributed by atoms with van der Waals surface area (Å²) in [6.45, 7) is 1.55. The van der Waals surface area contributed by atoms with Crippen molar-refractivity contribution in [1.82, 2.24) is 5.32 Å². The van der Waals surface area contributed by atoms with E-state index in [1.165, 1.54) is 18.2 Å². The average Bonchev–Trinajstić information content (AvgIpc) is 3.21. The predicted molar refractivity (Wildman–Crippen MR) is 73.4 cm³/mol. The number of carboxylic acids is 1. The molecule has 1 saturated carbocycles. The molecule has 2 unspecified atom stereocenters. The van der Waals surface area contributed by atoms with Crippen LogP contribution in [0.15, 0.2) is 24.3 Å². The third-order valence-electron chi connectivity index (χ3n) is 3.39. The molecule has 2 atom stereocenters. The fraction of sp³-hybridized carbons (Fsp3) is 0.467. The van der Waals surface area contributed by atoms with E-state index in [4.69, 9.17) is 9.84 Å². The summed E-state index contributed by atoms with van der Waals surface area (Å²) in [6, 6.07) is 5.16. The second kappa shape index (κ2) is 6.56. The van der Waals surface area contributed by atoms with E-state index in [-0.39, 0.29) is 24.1 Å². The lowest BCUT2D eigenvalue weighted by atomic mass is 10.1. The molecular formula is C15H18FNO4. The lowest BCUT2D eigenvalue weighted by Crippen LogP contribution is -2.44. The smallest absolute Gasteiger partial charge is 0.305 e. The molecule has 1 aromatic carbocycles. The van der Waals surface area contributed by atoms with Crippen molar-refractivity contribution >= 4 is 11.9 Å². The van der Waals surface area contributed by atoms with E-state index < -0.39 is 23.8 Å². The Bertz CT molecular complexity index is 530. The summed E-state index contributed by atoms with van der Waals surface area (Å²) in [6.07, 6.45) is 0.944. The molecule has 0 bridgehead atoms. The number of hydrogen-bond donors (Lipinski definition) is 2. The number of rotatable bonds is 7. The van der Waals surface area contributed by atoms with Crippen LogP contribution in [0.5, 0.6) is 5.75 Å². The molecule has 1 fully saturated rings. The van der Waals surface area contributed by atoms with Gasteiger partial charge in [0, 0.05) is 12.1 Å². The van der Waals surface area contributed by atoms with E-state index in [1.807, 2.05) is 0 Å². The minimum atomic E-state index is -0.939. The second-order valence-corrected chi connectivity index (χ2v) is 5.27. The van der Waals surface area contributed by atoms with Gasteiger partial charge in [-0.3, -0.25) is 9.59 Å². The number of carboxylic acid groups (broad SMARTS) is 1. The maximum Gasteiger partial charge on any atom is 0.305 e. The van der Waals surface area contributed by atoms with Crippen molar-refractivity contribution in [3.05, 3.63) is 30.1 Å². The summed E-state index contributed by atoms with van der Waals surface area (Å²) < 4.78 is 18.4. The highest BCUT2D eigenvalue weighted by Gasteiger charge is 2.34. The van der Waals surface area contributed by atoms with Crippen molar-refractivity contribution in [2.24, 2.45) is 5.92 Å². The van der Waals surface area contributed by atoms with Gasteiger partial charge in [0.15, 0.2) is 6.10 Å². The van der Waals surface area contributed by atoms with Crippen molar-refractivity contribution < 1.29 is 23.8 Å². The lowest BCUT2D eigenvalue weighted by molar-refractivity contribution is -0.138. The summed E-state index contributed by atoms with van der Waals surface area (Å²) in [5.41, 5.74) is 0. The van der Waals surface area contributed by atoms with Crippen LogP contribution in [-0.2, 0) is 9.59 Å². The van der Waals surface area contributed by atoms with Gasteiger partial charge in [0.05, 0.1) is 6.42 Å². The normalized spacial score (nSPS) is 16.9. The van der Waals surface area contributed by atoms with Gasteiger partial charge in [-0.25, -0.2) is 4.39 Å². The van der Waals surface area contributed by atoms with Crippen LogP contribution < -0.4 is 10.1 Å². The Morgan fingerprint density at radius 2 is 2.19 bits per heavy atom. The quantitative estimate of drug-likeness (QED) is 0.806. The molecule has 6 heteroatoms. The summed E-state index contributed by atoms with van der Waals surface area (Å²) in [4.78, 5) is 22.8. The zero-order valence-electron chi connectivity index (χ0n) is 11.7. The first kappa shape index (κ1) is 15.3. The fourth-order valence-corrected chi connectivity index (χ4v) is 2.12. The third-order valence-corrected chi connectivity index (χ3v) is 3.39. The molecular weight excluding hydrogens is 277 g/mol. The van der Waals surface area contributed by atoms with E-state index >= 15 is 0 Å². The number of hydrogen-bond acceptors (Lipinski definition) is 3. The number of nitrogens with one attached hydrogen (secondary N) is 1. The molecule has 1 aromatic rings. The molecule has 0 aliphatic heterocycles. The van der Waals surface area contributed by atoms with Gasteiger partial charge in [0.1, 0.15) is 11.6 Å². The van der Waals surface area contributed by atoms with Gasteiger partial charge >= 0.3 is 5.97 Å². The average molecular weight is 295 g/mol.